The molecular formula is C8H14N2O3. The third kappa shape index (κ3) is 3.02. The van der Waals surface area contributed by atoms with Crippen LogP contribution in [0.15, 0.2) is 0 Å². The van der Waals surface area contributed by atoms with Gasteiger partial charge in [0.25, 0.3) is 0 Å². The molecule has 0 radical (unpaired) electrons. The molecule has 0 saturated heterocycles. The number of carbonyl (C=O) groups excluding carboxylic acids is 1. The van der Waals surface area contributed by atoms with Crippen molar-refractivity contribution in [2.75, 3.05) is 20.1 Å². The fraction of sp³-hybridized carbons (Fsp3) is 0.750. The summed E-state index contributed by atoms with van der Waals surface area (Å²) in [5, 5.41) is 11.3. The van der Waals surface area contributed by atoms with E-state index >= 15 is 0 Å². The predicted molar refractivity (Wildman–Crippen MR) is 46.3 cm³/mol. The van der Waals surface area contributed by atoms with Crippen molar-refractivity contribution in [2.45, 2.75) is 18.9 Å². The standard InChI is InChI=1S/C8H14N2O3/c1-9-4-7(11)10(5-8(12)13)6-2-3-6/h6,9H,2-5H2,1H3,(H,12,13). The van der Waals surface area contributed by atoms with Crippen molar-refractivity contribution in [3.8, 4) is 0 Å². The molecule has 1 aliphatic carbocycles. The van der Waals surface area contributed by atoms with Crippen molar-refractivity contribution >= 4 is 11.9 Å². The fourth-order valence-electron chi connectivity index (χ4n) is 1.21. The van der Waals surface area contributed by atoms with Gasteiger partial charge in [0.15, 0.2) is 0 Å². The summed E-state index contributed by atoms with van der Waals surface area (Å²) >= 11 is 0. The second-order valence-corrected chi connectivity index (χ2v) is 3.18. The van der Waals surface area contributed by atoms with E-state index < -0.39 is 5.97 Å². The molecule has 0 aromatic rings. The number of likely N-dealkylation sites (N-methyl/N-ethyl adjacent to an activating group) is 1. The number of rotatable bonds is 5. The Balaban J connectivity index is 2.45. The Morgan fingerprint density at radius 1 is 1.54 bits per heavy atom. The second-order valence-electron chi connectivity index (χ2n) is 3.18. The molecule has 1 rings (SSSR count). The lowest BCUT2D eigenvalue weighted by molar-refractivity contribution is -0.144. The molecule has 0 heterocycles. The second kappa shape index (κ2) is 4.23. The van der Waals surface area contributed by atoms with Crippen molar-refractivity contribution in [3.05, 3.63) is 0 Å². The molecule has 1 aliphatic rings. The van der Waals surface area contributed by atoms with Crippen molar-refractivity contribution in [2.24, 2.45) is 0 Å². The topological polar surface area (TPSA) is 69.6 Å². The maximum absolute atomic E-state index is 11.4. The summed E-state index contributed by atoms with van der Waals surface area (Å²) in [6.07, 6.45) is 1.87. The lowest BCUT2D eigenvalue weighted by Gasteiger charge is -2.19. The van der Waals surface area contributed by atoms with Crippen molar-refractivity contribution in [1.82, 2.24) is 10.2 Å². The molecule has 1 fully saturated rings. The Morgan fingerprint density at radius 2 is 2.15 bits per heavy atom. The van der Waals surface area contributed by atoms with Crippen molar-refractivity contribution in [3.63, 3.8) is 0 Å². The molecule has 0 aromatic carbocycles. The average molecular weight is 186 g/mol. The molecule has 0 bridgehead atoms. The highest BCUT2D eigenvalue weighted by molar-refractivity contribution is 5.83. The van der Waals surface area contributed by atoms with Gasteiger partial charge < -0.3 is 15.3 Å². The zero-order valence-corrected chi connectivity index (χ0v) is 7.62. The summed E-state index contributed by atoms with van der Waals surface area (Å²) in [6, 6.07) is 0.164. The van der Waals surface area contributed by atoms with Gasteiger partial charge in [0.05, 0.1) is 6.54 Å². The number of aliphatic carboxylic acids is 1. The molecule has 13 heavy (non-hydrogen) atoms. The van der Waals surface area contributed by atoms with Crippen LogP contribution in [0.3, 0.4) is 0 Å². The smallest absolute Gasteiger partial charge is 0.323 e. The maximum atomic E-state index is 11.4. The average Bonchev–Trinajstić information content (AvgIpc) is 2.82. The van der Waals surface area contributed by atoms with Crippen molar-refractivity contribution in [1.29, 1.82) is 0 Å². The number of nitrogens with one attached hydrogen (secondary N) is 1. The van der Waals surface area contributed by atoms with Gasteiger partial charge in [-0.2, -0.15) is 0 Å². The summed E-state index contributed by atoms with van der Waals surface area (Å²) in [7, 11) is 1.67. The molecule has 1 amide bonds. The van der Waals surface area contributed by atoms with E-state index in [0.717, 1.165) is 12.8 Å². The van der Waals surface area contributed by atoms with Gasteiger partial charge in [0.1, 0.15) is 6.54 Å². The van der Waals surface area contributed by atoms with Gasteiger partial charge in [-0.05, 0) is 19.9 Å². The van der Waals surface area contributed by atoms with E-state index in [-0.39, 0.29) is 25.0 Å². The highest BCUT2D eigenvalue weighted by Crippen LogP contribution is 2.26. The summed E-state index contributed by atoms with van der Waals surface area (Å²) in [5.41, 5.74) is 0. The van der Waals surface area contributed by atoms with Crippen molar-refractivity contribution < 1.29 is 14.7 Å². The first kappa shape index (κ1) is 9.98. The van der Waals surface area contributed by atoms with E-state index in [1.54, 1.807) is 7.05 Å². The number of amides is 1. The van der Waals surface area contributed by atoms with Crippen LogP contribution in [-0.2, 0) is 9.59 Å². The molecule has 0 spiro atoms. The summed E-state index contributed by atoms with van der Waals surface area (Å²) in [5.74, 6) is -1.08. The summed E-state index contributed by atoms with van der Waals surface area (Å²) in [4.78, 5) is 23.2. The van der Waals surface area contributed by atoms with E-state index in [4.69, 9.17) is 5.11 Å². The Hall–Kier alpha value is -1.10. The number of hydrogen-bond acceptors (Lipinski definition) is 3. The number of nitrogens with zero attached hydrogens (tertiary/aromatic N) is 1. The highest BCUT2D eigenvalue weighted by Gasteiger charge is 2.33. The summed E-state index contributed by atoms with van der Waals surface area (Å²) in [6.45, 7) is 0.0367. The van der Waals surface area contributed by atoms with Gasteiger partial charge >= 0.3 is 5.97 Å². The number of hydrogen-bond donors (Lipinski definition) is 2. The minimum Gasteiger partial charge on any atom is -0.480 e. The van der Waals surface area contributed by atoms with E-state index in [0.29, 0.717) is 0 Å². The minimum atomic E-state index is -0.948. The fourth-order valence-corrected chi connectivity index (χ4v) is 1.21. The van der Waals surface area contributed by atoms with E-state index in [1.807, 2.05) is 0 Å². The molecular weight excluding hydrogens is 172 g/mol. The quantitative estimate of drug-likeness (QED) is 0.594. The largest absolute Gasteiger partial charge is 0.480 e. The van der Waals surface area contributed by atoms with Crippen LogP contribution in [0.4, 0.5) is 0 Å². The SMILES string of the molecule is CNCC(=O)N(CC(=O)O)C1CC1. The van der Waals surface area contributed by atoms with Gasteiger partial charge in [-0.25, -0.2) is 0 Å². The van der Waals surface area contributed by atoms with Crippen LogP contribution in [0.2, 0.25) is 0 Å². The van der Waals surface area contributed by atoms with E-state index in [2.05, 4.69) is 5.32 Å². The van der Waals surface area contributed by atoms with E-state index in [9.17, 15) is 9.59 Å². The third-order valence-electron chi connectivity index (χ3n) is 1.94. The predicted octanol–water partition coefficient (Wildman–Crippen LogP) is -0.719. The molecule has 0 unspecified atom stereocenters. The maximum Gasteiger partial charge on any atom is 0.323 e. The number of carbonyl (C=O) groups is 2. The Labute approximate surface area is 76.7 Å². The Bertz CT molecular complexity index is 213. The van der Waals surface area contributed by atoms with Gasteiger partial charge in [0.2, 0.25) is 5.91 Å². The van der Waals surface area contributed by atoms with Crippen LogP contribution < -0.4 is 5.32 Å². The number of carboxylic acid groups (broad SMARTS) is 1. The lowest BCUT2D eigenvalue weighted by atomic mass is 10.4. The van der Waals surface area contributed by atoms with Crippen LogP contribution in [0, 0.1) is 0 Å². The first-order valence-electron chi connectivity index (χ1n) is 4.31. The van der Waals surface area contributed by atoms with Gasteiger partial charge in [-0.3, -0.25) is 9.59 Å². The Kier molecular flexibility index (Phi) is 3.25. The first-order chi connectivity index (χ1) is 6.15. The van der Waals surface area contributed by atoms with Gasteiger partial charge in [-0.15, -0.1) is 0 Å². The molecule has 2 N–H and O–H groups in total. The van der Waals surface area contributed by atoms with Crippen LogP contribution in [0.25, 0.3) is 0 Å². The molecule has 5 nitrogen and oxygen atoms in total. The zero-order valence-electron chi connectivity index (χ0n) is 7.62. The molecule has 1 saturated carbocycles. The monoisotopic (exact) mass is 186 g/mol. The lowest BCUT2D eigenvalue weighted by Crippen LogP contribution is -2.41. The van der Waals surface area contributed by atoms with Crippen LogP contribution in [0.5, 0.6) is 0 Å². The van der Waals surface area contributed by atoms with Gasteiger partial charge in [-0.1, -0.05) is 0 Å². The Morgan fingerprint density at radius 3 is 2.54 bits per heavy atom. The third-order valence-corrected chi connectivity index (χ3v) is 1.94. The first-order valence-corrected chi connectivity index (χ1v) is 4.31. The molecule has 5 heteroatoms. The normalized spacial score (nSPS) is 15.5. The summed E-state index contributed by atoms with van der Waals surface area (Å²) < 4.78 is 0. The van der Waals surface area contributed by atoms with Crippen LogP contribution in [0.1, 0.15) is 12.8 Å². The van der Waals surface area contributed by atoms with Crippen LogP contribution in [-0.4, -0.2) is 48.1 Å². The molecule has 0 aromatic heterocycles. The molecule has 0 atom stereocenters. The molecule has 0 aliphatic heterocycles. The highest BCUT2D eigenvalue weighted by atomic mass is 16.4. The van der Waals surface area contributed by atoms with E-state index in [1.165, 1.54) is 4.90 Å². The van der Waals surface area contributed by atoms with Gasteiger partial charge in [0, 0.05) is 6.04 Å². The molecule has 74 valence electrons. The minimum absolute atomic E-state index is 0.132. The van der Waals surface area contributed by atoms with Crippen LogP contribution >= 0.6 is 0 Å². The number of carboxylic acids is 1. The zero-order chi connectivity index (χ0) is 9.84.